The number of aliphatic hydroxyl groups excluding tert-OH is 2. The summed E-state index contributed by atoms with van der Waals surface area (Å²) in [5.74, 6) is -0.330. The molecule has 122 valence electrons. The molecule has 0 rings (SSSR count). The van der Waals surface area contributed by atoms with Crippen LogP contribution < -0.4 is 10.6 Å². The molecule has 0 heterocycles. The van der Waals surface area contributed by atoms with Gasteiger partial charge in [-0.2, -0.15) is 0 Å². The lowest BCUT2D eigenvalue weighted by Gasteiger charge is -2.18. The molecule has 20 heavy (non-hydrogen) atoms. The highest BCUT2D eigenvalue weighted by Gasteiger charge is 2.20. The van der Waals surface area contributed by atoms with Gasteiger partial charge in [-0.25, -0.2) is 4.79 Å². The largest absolute Gasteiger partial charge is 0.441 e. The molecular weight excluding hydrogens is 264 g/mol. The highest BCUT2D eigenvalue weighted by molar-refractivity contribution is 5.85. The molecule has 0 aliphatic heterocycles. The molecule has 7 nitrogen and oxygen atoms in total. The van der Waals surface area contributed by atoms with Crippen molar-refractivity contribution in [2.45, 2.75) is 53.2 Å². The zero-order chi connectivity index (χ0) is 16.6. The Balaban J connectivity index is -0.000000656. The van der Waals surface area contributed by atoms with E-state index in [2.05, 4.69) is 15.4 Å². The third-order valence-electron chi connectivity index (χ3n) is 1.94. The Hall–Kier alpha value is -1.34. The number of carbonyl (C=O) groups excluding carboxylic acids is 2. The van der Waals surface area contributed by atoms with Crippen molar-refractivity contribution in [2.75, 3.05) is 20.3 Å². The standard InChI is InChI=1S/C9H18N2O5.2C2H6/c1-3-7(8(14)10-2)11-9(15)16-6(4-12)5-13;2*1-2/h6-7,12-13H,3-5H2,1-2H3,(H,10,14)(H,11,15);2*1-2H3. The molecule has 0 fully saturated rings. The van der Waals surface area contributed by atoms with Gasteiger partial charge < -0.3 is 25.6 Å². The second kappa shape index (κ2) is 17.7. The average molecular weight is 294 g/mol. The fraction of sp³-hybridized carbons (Fsp3) is 0.846. The van der Waals surface area contributed by atoms with E-state index in [1.54, 1.807) is 6.92 Å². The first-order valence-electron chi connectivity index (χ1n) is 6.99. The van der Waals surface area contributed by atoms with Gasteiger partial charge in [0.15, 0.2) is 0 Å². The van der Waals surface area contributed by atoms with Crippen molar-refractivity contribution >= 4 is 12.0 Å². The van der Waals surface area contributed by atoms with Gasteiger partial charge in [0.25, 0.3) is 0 Å². The Morgan fingerprint density at radius 3 is 1.85 bits per heavy atom. The summed E-state index contributed by atoms with van der Waals surface area (Å²) in [7, 11) is 1.46. The maximum Gasteiger partial charge on any atom is 0.408 e. The predicted octanol–water partition coefficient (Wildman–Crippen LogP) is 0.643. The lowest BCUT2D eigenvalue weighted by Crippen LogP contribution is -2.46. The van der Waals surface area contributed by atoms with Gasteiger partial charge in [-0.15, -0.1) is 0 Å². The predicted molar refractivity (Wildman–Crippen MR) is 78.4 cm³/mol. The molecule has 7 heteroatoms. The second-order valence-electron chi connectivity index (χ2n) is 3.11. The molecule has 0 aromatic rings. The summed E-state index contributed by atoms with van der Waals surface area (Å²) in [6, 6.07) is -0.685. The molecule has 0 aliphatic rings. The van der Waals surface area contributed by atoms with Gasteiger partial charge in [0.2, 0.25) is 5.91 Å². The van der Waals surface area contributed by atoms with Crippen LogP contribution in [0.25, 0.3) is 0 Å². The van der Waals surface area contributed by atoms with Gasteiger partial charge in [-0.05, 0) is 6.42 Å². The summed E-state index contributed by atoms with van der Waals surface area (Å²) in [6.45, 7) is 8.79. The number of alkyl carbamates (subject to hydrolysis) is 1. The first-order valence-corrected chi connectivity index (χ1v) is 6.99. The quantitative estimate of drug-likeness (QED) is 0.575. The van der Waals surface area contributed by atoms with Crippen LogP contribution in [0, 0.1) is 0 Å². The number of aliphatic hydroxyl groups is 2. The Kier molecular flexibility index (Phi) is 21.0. The fourth-order valence-electron chi connectivity index (χ4n) is 0.987. The number of likely N-dealkylation sites (N-methyl/N-ethyl adjacent to an activating group) is 1. The van der Waals surface area contributed by atoms with Gasteiger partial charge in [-0.3, -0.25) is 4.79 Å². The van der Waals surface area contributed by atoms with Crippen LogP contribution in [-0.2, 0) is 9.53 Å². The summed E-state index contributed by atoms with van der Waals surface area (Å²) >= 11 is 0. The second-order valence-corrected chi connectivity index (χ2v) is 3.11. The van der Waals surface area contributed by atoms with E-state index in [9.17, 15) is 9.59 Å². The molecule has 0 aromatic heterocycles. The number of nitrogens with one attached hydrogen (secondary N) is 2. The van der Waals surface area contributed by atoms with Crippen molar-refractivity contribution < 1.29 is 24.5 Å². The van der Waals surface area contributed by atoms with Crippen molar-refractivity contribution in [1.29, 1.82) is 0 Å². The zero-order valence-electron chi connectivity index (χ0n) is 13.4. The summed E-state index contributed by atoms with van der Waals surface area (Å²) in [5, 5.41) is 22.1. The Labute approximate surface area is 121 Å². The summed E-state index contributed by atoms with van der Waals surface area (Å²) < 4.78 is 4.65. The van der Waals surface area contributed by atoms with Crippen LogP contribution in [0.2, 0.25) is 0 Å². The summed E-state index contributed by atoms with van der Waals surface area (Å²) in [5.41, 5.74) is 0. The Morgan fingerprint density at radius 1 is 1.10 bits per heavy atom. The van der Waals surface area contributed by atoms with Crippen molar-refractivity contribution in [3.8, 4) is 0 Å². The SMILES string of the molecule is CC.CC.CCC(NC(=O)OC(CO)CO)C(=O)NC. The fourth-order valence-corrected chi connectivity index (χ4v) is 0.987. The van der Waals surface area contributed by atoms with Gasteiger partial charge in [0.1, 0.15) is 12.1 Å². The van der Waals surface area contributed by atoms with Gasteiger partial charge in [0, 0.05) is 7.05 Å². The zero-order valence-corrected chi connectivity index (χ0v) is 13.4. The summed E-state index contributed by atoms with van der Waals surface area (Å²) in [6.07, 6.45) is -1.40. The number of carbonyl (C=O) groups is 2. The third kappa shape index (κ3) is 11.7. The lowest BCUT2D eigenvalue weighted by atomic mass is 10.2. The van der Waals surface area contributed by atoms with E-state index in [1.807, 2.05) is 27.7 Å². The molecule has 1 unspecified atom stereocenters. The first-order chi connectivity index (χ1) is 9.58. The van der Waals surface area contributed by atoms with E-state index in [0.717, 1.165) is 0 Å². The summed E-state index contributed by atoms with van der Waals surface area (Å²) in [4.78, 5) is 22.4. The van der Waals surface area contributed by atoms with Crippen LogP contribution in [-0.4, -0.2) is 54.6 Å². The number of hydrogen-bond acceptors (Lipinski definition) is 5. The van der Waals surface area contributed by atoms with Crippen molar-refractivity contribution in [1.82, 2.24) is 10.6 Å². The van der Waals surface area contributed by atoms with Crippen LogP contribution in [0.3, 0.4) is 0 Å². The molecule has 0 radical (unpaired) electrons. The Bertz CT molecular complexity index is 233. The minimum Gasteiger partial charge on any atom is -0.441 e. The minimum atomic E-state index is -0.970. The lowest BCUT2D eigenvalue weighted by molar-refractivity contribution is -0.122. The van der Waals surface area contributed by atoms with Crippen molar-refractivity contribution in [2.24, 2.45) is 0 Å². The van der Waals surface area contributed by atoms with E-state index in [0.29, 0.717) is 6.42 Å². The van der Waals surface area contributed by atoms with Gasteiger partial charge in [0.05, 0.1) is 13.2 Å². The molecule has 1 atom stereocenters. The molecular formula is C13H30N2O5. The van der Waals surface area contributed by atoms with Gasteiger partial charge in [-0.1, -0.05) is 34.6 Å². The smallest absolute Gasteiger partial charge is 0.408 e. The average Bonchev–Trinajstić information content (AvgIpc) is 2.53. The topological polar surface area (TPSA) is 108 Å². The molecule has 0 aliphatic carbocycles. The first kappa shape index (κ1) is 23.7. The molecule has 2 amide bonds. The number of ether oxygens (including phenoxy) is 1. The van der Waals surface area contributed by atoms with Crippen LogP contribution in [0.5, 0.6) is 0 Å². The molecule has 0 saturated carbocycles. The molecule has 0 bridgehead atoms. The minimum absolute atomic E-state index is 0.330. The normalized spacial score (nSPS) is 10.2. The highest BCUT2D eigenvalue weighted by atomic mass is 16.6. The third-order valence-corrected chi connectivity index (χ3v) is 1.94. The van der Waals surface area contributed by atoms with Crippen LogP contribution in [0.1, 0.15) is 41.0 Å². The van der Waals surface area contributed by atoms with E-state index >= 15 is 0 Å². The van der Waals surface area contributed by atoms with Crippen LogP contribution in [0.4, 0.5) is 4.79 Å². The number of amides is 2. The Morgan fingerprint density at radius 2 is 1.55 bits per heavy atom. The maximum atomic E-state index is 11.2. The van der Waals surface area contributed by atoms with Gasteiger partial charge >= 0.3 is 6.09 Å². The highest BCUT2D eigenvalue weighted by Crippen LogP contribution is 1.95. The molecule has 4 N–H and O–H groups in total. The number of rotatable bonds is 6. The van der Waals surface area contributed by atoms with E-state index < -0.39 is 31.5 Å². The molecule has 0 spiro atoms. The van der Waals surface area contributed by atoms with Crippen LogP contribution >= 0.6 is 0 Å². The number of hydrogen-bond donors (Lipinski definition) is 4. The van der Waals surface area contributed by atoms with E-state index in [1.165, 1.54) is 7.05 Å². The molecule has 0 aromatic carbocycles. The maximum absolute atomic E-state index is 11.2. The molecule has 0 saturated heterocycles. The van der Waals surface area contributed by atoms with Crippen molar-refractivity contribution in [3.05, 3.63) is 0 Å². The monoisotopic (exact) mass is 294 g/mol. The van der Waals surface area contributed by atoms with Crippen LogP contribution in [0.15, 0.2) is 0 Å². The van der Waals surface area contributed by atoms with E-state index in [-0.39, 0.29) is 5.91 Å². The van der Waals surface area contributed by atoms with Crippen molar-refractivity contribution in [3.63, 3.8) is 0 Å². The van der Waals surface area contributed by atoms with E-state index in [4.69, 9.17) is 10.2 Å².